The molecule has 33 heavy (non-hydrogen) atoms. The second-order valence-electron chi connectivity index (χ2n) is 7.09. The van der Waals surface area contributed by atoms with Crippen LogP contribution in [0.4, 0.5) is 5.69 Å². The number of hydrogen-bond acceptors (Lipinski definition) is 5. The van der Waals surface area contributed by atoms with Crippen LogP contribution in [0, 0.1) is 0 Å². The number of rotatable bonds is 6. The number of methoxy groups -OCH3 is 1. The SMILES string of the molecule is COc1cccc(C=C2C(=O)NC(=S)N(c3ccc(Cl)cc3)C2=O)c1OCc1ccccc1. The minimum absolute atomic E-state index is 0.00401. The summed E-state index contributed by atoms with van der Waals surface area (Å²) in [4.78, 5) is 27.2. The van der Waals surface area contributed by atoms with Gasteiger partial charge in [-0.1, -0.05) is 54.1 Å². The van der Waals surface area contributed by atoms with Gasteiger partial charge in [-0.05, 0) is 54.2 Å². The lowest BCUT2D eigenvalue weighted by Gasteiger charge is -2.29. The van der Waals surface area contributed by atoms with Gasteiger partial charge in [0.2, 0.25) is 0 Å². The van der Waals surface area contributed by atoms with Crippen molar-refractivity contribution >= 4 is 52.5 Å². The number of carbonyl (C=O) groups excluding carboxylic acids is 2. The van der Waals surface area contributed by atoms with Crippen LogP contribution in [0.25, 0.3) is 6.08 Å². The molecular weight excluding hydrogens is 460 g/mol. The quantitative estimate of drug-likeness (QED) is 0.314. The van der Waals surface area contributed by atoms with Gasteiger partial charge in [-0.3, -0.25) is 19.8 Å². The molecule has 1 heterocycles. The lowest BCUT2D eigenvalue weighted by atomic mass is 10.1. The maximum Gasteiger partial charge on any atom is 0.270 e. The van der Waals surface area contributed by atoms with E-state index in [1.54, 1.807) is 42.5 Å². The Morgan fingerprint density at radius 1 is 1.00 bits per heavy atom. The third-order valence-electron chi connectivity index (χ3n) is 4.94. The van der Waals surface area contributed by atoms with E-state index in [-0.39, 0.29) is 10.7 Å². The number of ether oxygens (including phenoxy) is 2. The summed E-state index contributed by atoms with van der Waals surface area (Å²) in [5.74, 6) is -0.243. The highest BCUT2D eigenvalue weighted by Gasteiger charge is 2.34. The Morgan fingerprint density at radius 3 is 2.42 bits per heavy atom. The number of nitrogens with one attached hydrogen (secondary N) is 1. The monoisotopic (exact) mass is 478 g/mol. The molecular formula is C25H19ClN2O4S. The summed E-state index contributed by atoms with van der Waals surface area (Å²) in [5.41, 5.74) is 1.89. The van der Waals surface area contributed by atoms with E-state index in [2.05, 4.69) is 5.32 Å². The molecule has 3 aromatic rings. The first-order valence-corrected chi connectivity index (χ1v) is 10.8. The summed E-state index contributed by atoms with van der Waals surface area (Å²) >= 11 is 11.2. The van der Waals surface area contributed by atoms with E-state index in [4.69, 9.17) is 33.3 Å². The van der Waals surface area contributed by atoms with Gasteiger partial charge in [0.15, 0.2) is 16.6 Å². The fourth-order valence-corrected chi connectivity index (χ4v) is 3.74. The number of thiocarbonyl (C=S) groups is 1. The molecule has 0 aliphatic carbocycles. The van der Waals surface area contributed by atoms with Crippen molar-refractivity contribution in [3.8, 4) is 11.5 Å². The Balaban J connectivity index is 1.70. The van der Waals surface area contributed by atoms with Crippen LogP contribution in [0.2, 0.25) is 5.02 Å². The number of anilines is 1. The molecule has 1 N–H and O–H groups in total. The first-order valence-electron chi connectivity index (χ1n) is 9.98. The summed E-state index contributed by atoms with van der Waals surface area (Å²) in [7, 11) is 1.53. The van der Waals surface area contributed by atoms with Gasteiger partial charge in [-0.2, -0.15) is 0 Å². The maximum atomic E-state index is 13.3. The van der Waals surface area contributed by atoms with Crippen molar-refractivity contribution in [1.29, 1.82) is 0 Å². The third-order valence-corrected chi connectivity index (χ3v) is 5.48. The fourth-order valence-electron chi connectivity index (χ4n) is 3.33. The number of hydrogen-bond donors (Lipinski definition) is 1. The average Bonchev–Trinajstić information content (AvgIpc) is 2.82. The molecule has 6 nitrogen and oxygen atoms in total. The Labute approximate surface area is 201 Å². The second-order valence-corrected chi connectivity index (χ2v) is 7.91. The molecule has 3 aromatic carbocycles. The van der Waals surface area contributed by atoms with E-state index in [0.29, 0.717) is 34.4 Å². The molecule has 0 atom stereocenters. The Bertz CT molecular complexity index is 1240. The van der Waals surface area contributed by atoms with Crippen molar-refractivity contribution in [2.45, 2.75) is 6.61 Å². The van der Waals surface area contributed by atoms with Gasteiger partial charge < -0.3 is 9.47 Å². The molecule has 0 bridgehead atoms. The van der Waals surface area contributed by atoms with E-state index in [1.165, 1.54) is 18.1 Å². The van der Waals surface area contributed by atoms with Gasteiger partial charge >= 0.3 is 0 Å². The molecule has 4 rings (SSSR count). The van der Waals surface area contributed by atoms with Gasteiger partial charge in [-0.25, -0.2) is 0 Å². The van der Waals surface area contributed by atoms with Crippen LogP contribution in [0.3, 0.4) is 0 Å². The van der Waals surface area contributed by atoms with Crippen molar-refractivity contribution in [3.05, 3.63) is 94.5 Å². The standard InChI is InChI=1S/C25H19ClN2O4S/c1-31-21-9-5-8-17(22(21)32-15-16-6-3-2-4-7-16)14-20-23(29)27-25(33)28(24(20)30)19-12-10-18(26)11-13-19/h2-14H,15H2,1H3,(H,27,29,33). The van der Waals surface area contributed by atoms with Gasteiger partial charge in [0.1, 0.15) is 12.2 Å². The molecule has 166 valence electrons. The largest absolute Gasteiger partial charge is 0.493 e. The maximum absolute atomic E-state index is 13.3. The number of halogens is 1. The van der Waals surface area contributed by atoms with E-state index in [0.717, 1.165) is 5.56 Å². The van der Waals surface area contributed by atoms with Crippen LogP contribution < -0.4 is 19.7 Å². The second kappa shape index (κ2) is 9.85. The summed E-state index contributed by atoms with van der Waals surface area (Å²) in [6.07, 6.45) is 1.48. The van der Waals surface area contributed by atoms with E-state index in [9.17, 15) is 9.59 Å². The molecule has 0 saturated carbocycles. The highest BCUT2D eigenvalue weighted by Crippen LogP contribution is 2.34. The van der Waals surface area contributed by atoms with Crippen molar-refractivity contribution in [1.82, 2.24) is 5.32 Å². The van der Waals surface area contributed by atoms with Gasteiger partial charge in [0.25, 0.3) is 11.8 Å². The molecule has 0 spiro atoms. The Morgan fingerprint density at radius 2 is 1.73 bits per heavy atom. The topological polar surface area (TPSA) is 67.9 Å². The van der Waals surface area contributed by atoms with Crippen LogP contribution in [-0.2, 0) is 16.2 Å². The highest BCUT2D eigenvalue weighted by atomic mass is 35.5. The summed E-state index contributed by atoms with van der Waals surface area (Å²) in [6.45, 7) is 0.290. The molecule has 0 aromatic heterocycles. The van der Waals surface area contributed by atoms with Crippen LogP contribution in [0.15, 0.2) is 78.4 Å². The fraction of sp³-hybridized carbons (Fsp3) is 0.0800. The van der Waals surface area contributed by atoms with Gasteiger partial charge in [0.05, 0.1) is 12.8 Å². The first-order chi connectivity index (χ1) is 16.0. The summed E-state index contributed by atoms with van der Waals surface area (Å²) in [5, 5.41) is 3.09. The zero-order chi connectivity index (χ0) is 23.4. The minimum Gasteiger partial charge on any atom is -0.493 e. The lowest BCUT2D eigenvalue weighted by molar-refractivity contribution is -0.122. The molecule has 1 aliphatic rings. The van der Waals surface area contributed by atoms with E-state index >= 15 is 0 Å². The van der Waals surface area contributed by atoms with E-state index < -0.39 is 11.8 Å². The Kier molecular flexibility index (Phi) is 6.72. The molecule has 0 unspecified atom stereocenters. The molecule has 2 amide bonds. The number of benzene rings is 3. The molecule has 8 heteroatoms. The predicted octanol–water partition coefficient (Wildman–Crippen LogP) is 4.76. The average molecular weight is 479 g/mol. The highest BCUT2D eigenvalue weighted by molar-refractivity contribution is 7.80. The van der Waals surface area contributed by atoms with E-state index in [1.807, 2.05) is 30.3 Å². The van der Waals surface area contributed by atoms with Gasteiger partial charge in [-0.15, -0.1) is 0 Å². The van der Waals surface area contributed by atoms with Crippen molar-refractivity contribution in [2.75, 3.05) is 12.0 Å². The number of amides is 2. The van der Waals surface area contributed by atoms with Crippen LogP contribution in [0.1, 0.15) is 11.1 Å². The zero-order valence-corrected chi connectivity index (χ0v) is 19.2. The zero-order valence-electron chi connectivity index (χ0n) is 17.6. The van der Waals surface area contributed by atoms with Gasteiger partial charge in [0, 0.05) is 10.6 Å². The van der Waals surface area contributed by atoms with Crippen molar-refractivity contribution in [2.24, 2.45) is 0 Å². The summed E-state index contributed by atoms with van der Waals surface area (Å²) < 4.78 is 11.5. The molecule has 1 aliphatic heterocycles. The number of nitrogens with zero attached hydrogens (tertiary/aromatic N) is 1. The molecule has 1 saturated heterocycles. The number of para-hydroxylation sites is 1. The third kappa shape index (κ3) is 4.89. The van der Waals surface area contributed by atoms with Crippen LogP contribution >= 0.6 is 23.8 Å². The Hall–Kier alpha value is -3.68. The summed E-state index contributed by atoms with van der Waals surface area (Å²) in [6, 6.07) is 21.5. The lowest BCUT2D eigenvalue weighted by Crippen LogP contribution is -2.54. The molecule has 0 radical (unpaired) electrons. The normalized spacial score (nSPS) is 14.9. The smallest absolute Gasteiger partial charge is 0.270 e. The van der Waals surface area contributed by atoms with Crippen LogP contribution in [-0.4, -0.2) is 24.0 Å². The molecule has 1 fully saturated rings. The van der Waals surface area contributed by atoms with Crippen molar-refractivity contribution < 1.29 is 19.1 Å². The minimum atomic E-state index is -0.591. The predicted molar refractivity (Wildman–Crippen MR) is 131 cm³/mol. The number of carbonyl (C=O) groups is 2. The van der Waals surface area contributed by atoms with Crippen molar-refractivity contribution in [3.63, 3.8) is 0 Å². The van der Waals surface area contributed by atoms with Crippen LogP contribution in [0.5, 0.6) is 11.5 Å². The first kappa shape index (κ1) is 22.5.